The lowest BCUT2D eigenvalue weighted by atomic mass is 10.2. The first-order valence-corrected chi connectivity index (χ1v) is 8.13. The first-order valence-electron chi connectivity index (χ1n) is 8.13. The van der Waals surface area contributed by atoms with Gasteiger partial charge in [0.2, 0.25) is 5.91 Å². The van der Waals surface area contributed by atoms with Crippen molar-refractivity contribution in [3.8, 4) is 0 Å². The lowest BCUT2D eigenvalue weighted by Gasteiger charge is -2.35. The quantitative estimate of drug-likeness (QED) is 0.637. The Morgan fingerprint density at radius 1 is 1.15 bits per heavy atom. The highest BCUT2D eigenvalue weighted by molar-refractivity contribution is 5.96. The van der Waals surface area contributed by atoms with Gasteiger partial charge >= 0.3 is 0 Å². The van der Waals surface area contributed by atoms with E-state index in [1.807, 2.05) is 4.90 Å². The van der Waals surface area contributed by atoms with Crippen molar-refractivity contribution in [2.24, 2.45) is 0 Å². The van der Waals surface area contributed by atoms with Crippen LogP contribution in [0.3, 0.4) is 0 Å². The fourth-order valence-corrected chi connectivity index (χ4v) is 2.85. The molecule has 0 bridgehead atoms. The van der Waals surface area contributed by atoms with Gasteiger partial charge in [-0.05, 0) is 12.1 Å². The number of benzene rings is 1. The van der Waals surface area contributed by atoms with Gasteiger partial charge in [-0.2, -0.15) is 0 Å². The summed E-state index contributed by atoms with van der Waals surface area (Å²) in [6, 6.07) is 8.08. The van der Waals surface area contributed by atoms with Crippen molar-refractivity contribution in [1.29, 1.82) is 0 Å². The van der Waals surface area contributed by atoms with Gasteiger partial charge in [-0.1, -0.05) is 12.1 Å². The first-order chi connectivity index (χ1) is 12.6. The third-order valence-electron chi connectivity index (χ3n) is 4.24. The van der Waals surface area contributed by atoms with Gasteiger partial charge in [0.15, 0.2) is 0 Å². The minimum atomic E-state index is -0.405. The van der Waals surface area contributed by atoms with Crippen LogP contribution in [0.4, 0.5) is 11.4 Å². The highest BCUT2D eigenvalue weighted by atomic mass is 16.6. The number of carbonyl (C=O) groups excluding carboxylic acids is 2. The zero-order chi connectivity index (χ0) is 18.5. The van der Waals surface area contributed by atoms with E-state index in [9.17, 15) is 19.7 Å². The number of para-hydroxylation sites is 2. The number of rotatable bonds is 5. The van der Waals surface area contributed by atoms with Gasteiger partial charge in [-0.15, -0.1) is 0 Å². The average Bonchev–Trinajstić information content (AvgIpc) is 3.21. The standard InChI is InChI=1S/C17H18N4O5/c22-16(11-18-17(23)13-5-10-26-12-13)20-8-6-19(7-9-20)14-3-1-2-4-15(14)21(24)25/h1-5,10,12H,6-9,11H2,(H,18,23). The molecule has 9 nitrogen and oxygen atoms in total. The molecule has 9 heteroatoms. The van der Waals surface area contributed by atoms with Gasteiger partial charge in [-0.3, -0.25) is 19.7 Å². The smallest absolute Gasteiger partial charge is 0.292 e. The van der Waals surface area contributed by atoms with Crippen molar-refractivity contribution in [3.05, 3.63) is 58.5 Å². The van der Waals surface area contributed by atoms with Crippen LogP contribution in [-0.2, 0) is 4.79 Å². The number of hydrogen-bond donors (Lipinski definition) is 1. The van der Waals surface area contributed by atoms with Crippen molar-refractivity contribution < 1.29 is 18.9 Å². The average molecular weight is 358 g/mol. The number of nitro groups is 1. The predicted molar refractivity (Wildman–Crippen MR) is 92.9 cm³/mol. The van der Waals surface area contributed by atoms with Gasteiger partial charge in [-0.25, -0.2) is 0 Å². The van der Waals surface area contributed by atoms with Crippen LogP contribution in [0, 0.1) is 10.1 Å². The molecule has 0 radical (unpaired) electrons. The summed E-state index contributed by atoms with van der Waals surface area (Å²) in [6.45, 7) is 1.76. The van der Waals surface area contributed by atoms with Gasteiger partial charge in [0, 0.05) is 32.2 Å². The Labute approximate surface area is 149 Å². The van der Waals surface area contributed by atoms with E-state index in [4.69, 9.17) is 4.42 Å². The molecule has 1 fully saturated rings. The van der Waals surface area contributed by atoms with Crippen LogP contribution >= 0.6 is 0 Å². The Morgan fingerprint density at radius 2 is 1.88 bits per heavy atom. The normalized spacial score (nSPS) is 14.2. The highest BCUT2D eigenvalue weighted by Crippen LogP contribution is 2.28. The van der Waals surface area contributed by atoms with E-state index < -0.39 is 4.92 Å². The lowest BCUT2D eigenvalue weighted by Crippen LogP contribution is -2.51. The van der Waals surface area contributed by atoms with E-state index in [0.29, 0.717) is 37.4 Å². The van der Waals surface area contributed by atoms with Crippen LogP contribution in [0.2, 0.25) is 0 Å². The number of anilines is 1. The minimum absolute atomic E-state index is 0.0552. The molecule has 0 atom stereocenters. The molecule has 0 spiro atoms. The Morgan fingerprint density at radius 3 is 2.54 bits per heavy atom. The lowest BCUT2D eigenvalue weighted by molar-refractivity contribution is -0.384. The van der Waals surface area contributed by atoms with Gasteiger partial charge < -0.3 is 19.5 Å². The van der Waals surface area contributed by atoms with Crippen LogP contribution in [0.5, 0.6) is 0 Å². The molecule has 1 aromatic heterocycles. The van der Waals surface area contributed by atoms with Crippen molar-refractivity contribution in [2.45, 2.75) is 0 Å². The zero-order valence-corrected chi connectivity index (χ0v) is 14.0. The van der Waals surface area contributed by atoms with Crippen molar-refractivity contribution in [1.82, 2.24) is 10.2 Å². The number of nitrogens with one attached hydrogen (secondary N) is 1. The summed E-state index contributed by atoms with van der Waals surface area (Å²) in [4.78, 5) is 38.3. The molecular formula is C17H18N4O5. The summed E-state index contributed by atoms with van der Waals surface area (Å²) in [5.74, 6) is -0.560. The molecule has 0 unspecified atom stereocenters. The molecule has 1 saturated heterocycles. The molecule has 1 aliphatic heterocycles. The SMILES string of the molecule is O=C(NCC(=O)N1CCN(c2ccccc2[N+](=O)[O-])CC1)c1ccoc1. The topological polar surface area (TPSA) is 109 Å². The zero-order valence-electron chi connectivity index (χ0n) is 14.0. The largest absolute Gasteiger partial charge is 0.472 e. The third-order valence-corrected chi connectivity index (χ3v) is 4.24. The maximum Gasteiger partial charge on any atom is 0.292 e. The Balaban J connectivity index is 1.53. The van der Waals surface area contributed by atoms with Crippen LogP contribution < -0.4 is 10.2 Å². The number of nitrogens with zero attached hydrogens (tertiary/aromatic N) is 3. The molecule has 26 heavy (non-hydrogen) atoms. The summed E-state index contributed by atoms with van der Waals surface area (Å²) < 4.78 is 4.83. The second-order valence-electron chi connectivity index (χ2n) is 5.81. The molecule has 0 aliphatic carbocycles. The number of nitro benzene ring substituents is 1. The highest BCUT2D eigenvalue weighted by Gasteiger charge is 2.25. The van der Waals surface area contributed by atoms with Gasteiger partial charge in [0.05, 0.1) is 23.3 Å². The van der Waals surface area contributed by atoms with Crippen LogP contribution in [-0.4, -0.2) is 54.4 Å². The van der Waals surface area contributed by atoms with Crippen molar-refractivity contribution in [2.75, 3.05) is 37.6 Å². The van der Waals surface area contributed by atoms with E-state index in [-0.39, 0.29) is 24.0 Å². The van der Waals surface area contributed by atoms with E-state index >= 15 is 0 Å². The Hall–Kier alpha value is -3.36. The molecule has 1 N–H and O–H groups in total. The molecule has 2 heterocycles. The number of carbonyl (C=O) groups is 2. The second kappa shape index (κ2) is 7.68. The first kappa shape index (κ1) is 17.5. The molecule has 0 saturated carbocycles. The number of piperazine rings is 1. The molecular weight excluding hydrogens is 340 g/mol. The summed E-state index contributed by atoms with van der Waals surface area (Å²) >= 11 is 0. The molecule has 136 valence electrons. The van der Waals surface area contributed by atoms with Crippen LogP contribution in [0.1, 0.15) is 10.4 Å². The summed E-state index contributed by atoms with van der Waals surface area (Å²) in [5, 5.41) is 13.7. The van der Waals surface area contributed by atoms with E-state index in [0.717, 1.165) is 0 Å². The molecule has 1 aromatic carbocycles. The van der Waals surface area contributed by atoms with Crippen molar-refractivity contribution in [3.63, 3.8) is 0 Å². The molecule has 3 rings (SSSR count). The monoisotopic (exact) mass is 358 g/mol. The summed E-state index contributed by atoms with van der Waals surface area (Å²) in [5.41, 5.74) is 0.969. The second-order valence-corrected chi connectivity index (χ2v) is 5.81. The number of amides is 2. The Bertz CT molecular complexity index is 797. The van der Waals surface area contributed by atoms with E-state index in [1.165, 1.54) is 24.7 Å². The third kappa shape index (κ3) is 3.82. The fraction of sp³-hybridized carbons (Fsp3) is 0.294. The summed E-state index contributed by atoms with van der Waals surface area (Å²) in [7, 11) is 0. The minimum Gasteiger partial charge on any atom is -0.472 e. The van der Waals surface area contributed by atoms with Crippen LogP contribution in [0.25, 0.3) is 0 Å². The van der Waals surface area contributed by atoms with Crippen LogP contribution in [0.15, 0.2) is 47.3 Å². The van der Waals surface area contributed by atoms with E-state index in [2.05, 4.69) is 5.32 Å². The van der Waals surface area contributed by atoms with Gasteiger partial charge in [0.1, 0.15) is 12.0 Å². The predicted octanol–water partition coefficient (Wildman–Crippen LogP) is 1.27. The van der Waals surface area contributed by atoms with Gasteiger partial charge in [0.25, 0.3) is 11.6 Å². The maximum atomic E-state index is 12.3. The fourth-order valence-electron chi connectivity index (χ4n) is 2.85. The molecule has 2 aromatic rings. The number of hydrogen-bond acceptors (Lipinski definition) is 6. The molecule has 2 amide bonds. The number of furan rings is 1. The maximum absolute atomic E-state index is 12.3. The summed E-state index contributed by atoms with van der Waals surface area (Å²) in [6.07, 6.45) is 2.70. The Kier molecular flexibility index (Phi) is 5.16. The van der Waals surface area contributed by atoms with E-state index in [1.54, 1.807) is 23.1 Å². The molecule has 1 aliphatic rings. The van der Waals surface area contributed by atoms with Crippen molar-refractivity contribution >= 4 is 23.2 Å².